The highest BCUT2D eigenvalue weighted by Crippen LogP contribution is 2.19. The van der Waals surface area contributed by atoms with Gasteiger partial charge in [-0.1, -0.05) is 33.6 Å². The average Bonchev–Trinajstić information content (AvgIpc) is 2.42. The van der Waals surface area contributed by atoms with Crippen molar-refractivity contribution in [1.82, 2.24) is 5.32 Å². The van der Waals surface area contributed by atoms with Crippen LogP contribution in [0.5, 0.6) is 0 Å². The summed E-state index contributed by atoms with van der Waals surface area (Å²) < 4.78 is 5.25. The molecule has 0 spiro atoms. The molecule has 0 saturated carbocycles. The number of likely N-dealkylation sites (N-methyl/N-ethyl adjacent to an activating group) is 1. The van der Waals surface area contributed by atoms with Crippen molar-refractivity contribution in [3.63, 3.8) is 0 Å². The Morgan fingerprint density at radius 2 is 1.88 bits per heavy atom. The Balaban J connectivity index is 0. The van der Waals surface area contributed by atoms with Crippen LogP contribution in [0.2, 0.25) is 0 Å². The molecule has 1 amide bonds. The van der Waals surface area contributed by atoms with Crippen LogP contribution in [0.3, 0.4) is 0 Å². The standard InChI is InChI=1S/C8H16O.C3H8N2O.C2H6/c1-2-3-8-4-6-9-7-5-8;1-5-3(6)2-4;1-2/h8H,2-7H2,1H3;2,4H2,1H3,(H,5,6);1-2H3. The van der Waals surface area contributed by atoms with E-state index in [4.69, 9.17) is 10.5 Å². The summed E-state index contributed by atoms with van der Waals surface area (Å²) in [6.07, 6.45) is 5.34. The Labute approximate surface area is 106 Å². The summed E-state index contributed by atoms with van der Waals surface area (Å²) in [4.78, 5) is 9.94. The molecule has 0 aliphatic carbocycles. The molecule has 0 aromatic carbocycles. The highest BCUT2D eigenvalue weighted by molar-refractivity contribution is 5.77. The van der Waals surface area contributed by atoms with Crippen molar-refractivity contribution in [2.75, 3.05) is 26.8 Å². The van der Waals surface area contributed by atoms with E-state index in [1.165, 1.54) is 25.7 Å². The van der Waals surface area contributed by atoms with Gasteiger partial charge in [-0.05, 0) is 18.8 Å². The molecule has 1 aliphatic rings. The number of amides is 1. The van der Waals surface area contributed by atoms with Crippen molar-refractivity contribution < 1.29 is 9.53 Å². The monoisotopic (exact) mass is 246 g/mol. The van der Waals surface area contributed by atoms with E-state index >= 15 is 0 Å². The Kier molecular flexibility index (Phi) is 17.0. The maximum atomic E-state index is 9.94. The summed E-state index contributed by atoms with van der Waals surface area (Å²) in [5.74, 6) is 0.846. The molecule has 1 aliphatic heterocycles. The molecule has 17 heavy (non-hydrogen) atoms. The number of ether oxygens (including phenoxy) is 1. The highest BCUT2D eigenvalue weighted by Gasteiger charge is 2.11. The van der Waals surface area contributed by atoms with E-state index in [9.17, 15) is 4.79 Å². The molecular formula is C13H30N2O2. The number of hydrogen-bond acceptors (Lipinski definition) is 3. The average molecular weight is 246 g/mol. The molecule has 0 aromatic heterocycles. The molecule has 0 unspecified atom stereocenters. The van der Waals surface area contributed by atoms with Crippen molar-refractivity contribution in [3.05, 3.63) is 0 Å². The van der Waals surface area contributed by atoms with E-state index in [2.05, 4.69) is 12.2 Å². The van der Waals surface area contributed by atoms with Gasteiger partial charge in [0.15, 0.2) is 0 Å². The summed E-state index contributed by atoms with van der Waals surface area (Å²) in [6, 6.07) is 0. The van der Waals surface area contributed by atoms with Crippen LogP contribution in [0, 0.1) is 5.92 Å². The van der Waals surface area contributed by atoms with E-state index in [1.807, 2.05) is 13.8 Å². The lowest BCUT2D eigenvalue weighted by Crippen LogP contribution is -2.26. The first-order chi connectivity index (χ1) is 8.24. The van der Waals surface area contributed by atoms with E-state index in [0.717, 1.165) is 19.1 Å². The van der Waals surface area contributed by atoms with Crippen molar-refractivity contribution in [2.24, 2.45) is 11.7 Å². The van der Waals surface area contributed by atoms with E-state index in [1.54, 1.807) is 7.05 Å². The van der Waals surface area contributed by atoms with Crippen LogP contribution in [-0.2, 0) is 9.53 Å². The maximum absolute atomic E-state index is 9.94. The van der Waals surface area contributed by atoms with Crippen molar-refractivity contribution in [2.45, 2.75) is 46.5 Å². The molecule has 1 heterocycles. The number of rotatable bonds is 3. The Hall–Kier alpha value is -0.610. The number of nitrogens with one attached hydrogen (secondary N) is 1. The van der Waals surface area contributed by atoms with Crippen LogP contribution in [0.15, 0.2) is 0 Å². The molecule has 1 rings (SSSR count). The molecule has 1 saturated heterocycles. The topological polar surface area (TPSA) is 64.3 Å². The lowest BCUT2D eigenvalue weighted by atomic mass is 9.95. The zero-order chi connectivity index (χ0) is 13.5. The van der Waals surface area contributed by atoms with Crippen LogP contribution in [0.1, 0.15) is 46.5 Å². The van der Waals surface area contributed by atoms with E-state index in [-0.39, 0.29) is 12.5 Å². The van der Waals surface area contributed by atoms with Gasteiger partial charge in [0.2, 0.25) is 5.91 Å². The van der Waals surface area contributed by atoms with Crippen LogP contribution < -0.4 is 11.1 Å². The van der Waals surface area contributed by atoms with Gasteiger partial charge in [-0.15, -0.1) is 0 Å². The molecule has 0 atom stereocenters. The van der Waals surface area contributed by atoms with Gasteiger partial charge in [0.25, 0.3) is 0 Å². The minimum Gasteiger partial charge on any atom is -0.381 e. The predicted octanol–water partition coefficient (Wildman–Crippen LogP) is 1.93. The third-order valence-corrected chi connectivity index (χ3v) is 2.50. The minimum absolute atomic E-state index is 0.0799. The van der Waals surface area contributed by atoms with Crippen LogP contribution in [0.25, 0.3) is 0 Å². The SMILES string of the molecule is CC.CCCC1CCOCC1.CNC(=O)CN. The molecule has 104 valence electrons. The third-order valence-electron chi connectivity index (χ3n) is 2.50. The summed E-state index contributed by atoms with van der Waals surface area (Å²) in [5.41, 5.74) is 4.87. The van der Waals surface area contributed by atoms with Crippen LogP contribution in [0.4, 0.5) is 0 Å². The fourth-order valence-electron chi connectivity index (χ4n) is 1.55. The van der Waals surface area contributed by atoms with Gasteiger partial charge in [0, 0.05) is 20.3 Å². The highest BCUT2D eigenvalue weighted by atomic mass is 16.5. The van der Waals surface area contributed by atoms with E-state index < -0.39 is 0 Å². The quantitative estimate of drug-likeness (QED) is 0.799. The molecule has 0 radical (unpaired) electrons. The van der Waals surface area contributed by atoms with Gasteiger partial charge in [-0.3, -0.25) is 4.79 Å². The smallest absolute Gasteiger partial charge is 0.233 e. The first-order valence-corrected chi connectivity index (χ1v) is 6.73. The third kappa shape index (κ3) is 13.3. The summed E-state index contributed by atoms with van der Waals surface area (Å²) in [5, 5.41) is 2.35. The largest absolute Gasteiger partial charge is 0.381 e. The Bertz CT molecular complexity index is 149. The van der Waals surface area contributed by atoms with Gasteiger partial charge < -0.3 is 15.8 Å². The first kappa shape index (κ1) is 18.7. The normalized spacial score (nSPS) is 14.9. The van der Waals surface area contributed by atoms with Gasteiger partial charge in [-0.2, -0.15) is 0 Å². The van der Waals surface area contributed by atoms with Crippen molar-refractivity contribution >= 4 is 5.91 Å². The Morgan fingerprint density at radius 3 is 2.18 bits per heavy atom. The van der Waals surface area contributed by atoms with E-state index in [0.29, 0.717) is 0 Å². The summed E-state index contributed by atoms with van der Waals surface area (Å²) >= 11 is 0. The molecule has 3 N–H and O–H groups in total. The number of nitrogens with two attached hydrogens (primary N) is 1. The zero-order valence-corrected chi connectivity index (χ0v) is 11.9. The van der Waals surface area contributed by atoms with Gasteiger partial charge in [0.1, 0.15) is 0 Å². The summed E-state index contributed by atoms with van der Waals surface area (Å²) in [7, 11) is 1.55. The fourth-order valence-corrected chi connectivity index (χ4v) is 1.55. The zero-order valence-electron chi connectivity index (χ0n) is 11.9. The lowest BCUT2D eigenvalue weighted by molar-refractivity contribution is -0.119. The van der Waals surface area contributed by atoms with Crippen molar-refractivity contribution in [3.8, 4) is 0 Å². The number of hydrogen-bond donors (Lipinski definition) is 2. The van der Waals surface area contributed by atoms with Gasteiger partial charge in [-0.25, -0.2) is 0 Å². The minimum atomic E-state index is -0.130. The maximum Gasteiger partial charge on any atom is 0.233 e. The first-order valence-electron chi connectivity index (χ1n) is 6.73. The second-order valence-corrected chi connectivity index (χ2v) is 3.72. The molecule has 1 fully saturated rings. The molecular weight excluding hydrogens is 216 g/mol. The lowest BCUT2D eigenvalue weighted by Gasteiger charge is -2.20. The molecule has 0 aromatic rings. The van der Waals surface area contributed by atoms with Gasteiger partial charge >= 0.3 is 0 Å². The molecule has 4 heteroatoms. The van der Waals surface area contributed by atoms with Crippen molar-refractivity contribution in [1.29, 1.82) is 0 Å². The second kappa shape index (κ2) is 15.4. The summed E-state index contributed by atoms with van der Waals surface area (Å²) in [6.45, 7) is 8.35. The molecule has 4 nitrogen and oxygen atoms in total. The predicted molar refractivity (Wildman–Crippen MR) is 72.9 cm³/mol. The van der Waals surface area contributed by atoms with Gasteiger partial charge in [0.05, 0.1) is 6.54 Å². The second-order valence-electron chi connectivity index (χ2n) is 3.72. The molecule has 0 bridgehead atoms. The number of carbonyl (C=O) groups is 1. The van der Waals surface area contributed by atoms with Crippen LogP contribution in [-0.4, -0.2) is 32.7 Å². The van der Waals surface area contributed by atoms with Crippen LogP contribution >= 0.6 is 0 Å². The Morgan fingerprint density at radius 1 is 1.35 bits per heavy atom. The number of carbonyl (C=O) groups excluding carboxylic acids is 1. The fraction of sp³-hybridized carbons (Fsp3) is 0.923.